The van der Waals surface area contributed by atoms with Crippen LogP contribution >= 0.6 is 11.8 Å². The number of dihydropyridines is 1. The van der Waals surface area contributed by atoms with Crippen LogP contribution in [0.3, 0.4) is 0 Å². The predicted molar refractivity (Wildman–Crippen MR) is 159 cm³/mol. The number of hydrogen-bond donors (Lipinski definition) is 4. The second-order valence-corrected chi connectivity index (χ2v) is 10.2. The number of carboxylic acid groups (broad SMARTS) is 1. The van der Waals surface area contributed by atoms with Crippen LogP contribution in [0.25, 0.3) is 0 Å². The summed E-state index contributed by atoms with van der Waals surface area (Å²) < 4.78 is 5.60. The number of ether oxygens (including phenoxy) is 1. The Kier molecular flexibility index (Phi) is 9.12. The summed E-state index contributed by atoms with van der Waals surface area (Å²) in [6.45, 7) is 3.66. The van der Waals surface area contributed by atoms with Crippen molar-refractivity contribution in [3.05, 3.63) is 111 Å². The molecule has 1 heterocycles. The topological polar surface area (TPSA) is 141 Å². The fraction of sp³-hybridized carbons (Fsp3) is 0.161. The molecule has 3 aromatic rings. The van der Waals surface area contributed by atoms with E-state index in [-0.39, 0.29) is 28.7 Å². The van der Waals surface area contributed by atoms with Gasteiger partial charge in [0.25, 0.3) is 5.91 Å². The largest absolute Gasteiger partial charge is 0.496 e. The maximum atomic E-state index is 13.7. The van der Waals surface area contributed by atoms with Crippen molar-refractivity contribution in [1.82, 2.24) is 5.32 Å². The maximum absolute atomic E-state index is 13.7. The molecule has 4 N–H and O–H groups in total. The molecule has 0 radical (unpaired) electrons. The number of hydrogen-bond acceptors (Lipinski definition) is 7. The standard InChI is InChI=1S/C31H28N4O5S/c1-18-8-4-6-10-24(18)35-29(37)27-19(2)33-30(23(16-32)28(27)22-9-5-7-11-25(22)40-3)41-17-26(36)34-21-14-12-20(13-15-21)31(38)39/h4-15,28,33H,17H2,1-3H3,(H,34,36)(H,35,37)(H,38,39)/t28-/m1/s1. The third-order valence-corrected chi connectivity index (χ3v) is 7.52. The molecular weight excluding hydrogens is 540 g/mol. The Bertz CT molecular complexity index is 1610. The number of nitriles is 1. The normalized spacial score (nSPS) is 14.5. The Balaban J connectivity index is 1.64. The molecule has 0 aliphatic carbocycles. The lowest BCUT2D eigenvalue weighted by Gasteiger charge is -2.30. The molecule has 1 aliphatic heterocycles. The molecule has 0 saturated carbocycles. The third-order valence-electron chi connectivity index (χ3n) is 6.50. The molecule has 1 atom stereocenters. The lowest BCUT2D eigenvalue weighted by Crippen LogP contribution is -2.31. The molecule has 9 nitrogen and oxygen atoms in total. The monoisotopic (exact) mass is 568 g/mol. The molecule has 1 aliphatic rings. The van der Waals surface area contributed by atoms with E-state index < -0.39 is 11.9 Å². The number of allylic oxidation sites excluding steroid dienone is 2. The van der Waals surface area contributed by atoms with Gasteiger partial charge in [0, 0.05) is 28.2 Å². The predicted octanol–water partition coefficient (Wildman–Crippen LogP) is 5.41. The van der Waals surface area contributed by atoms with Gasteiger partial charge in [-0.1, -0.05) is 48.2 Å². The molecule has 0 unspecified atom stereocenters. The van der Waals surface area contributed by atoms with Crippen molar-refractivity contribution in [2.45, 2.75) is 19.8 Å². The van der Waals surface area contributed by atoms with Crippen molar-refractivity contribution in [3.8, 4) is 11.8 Å². The van der Waals surface area contributed by atoms with E-state index in [1.165, 1.54) is 31.4 Å². The van der Waals surface area contributed by atoms with Crippen LogP contribution in [0.5, 0.6) is 5.75 Å². The highest BCUT2D eigenvalue weighted by molar-refractivity contribution is 8.03. The Morgan fingerprint density at radius 3 is 2.34 bits per heavy atom. The van der Waals surface area contributed by atoms with Crippen LogP contribution in [0.4, 0.5) is 11.4 Å². The first-order valence-corrected chi connectivity index (χ1v) is 13.6. The quantitative estimate of drug-likeness (QED) is 0.269. The van der Waals surface area contributed by atoms with E-state index in [1.54, 1.807) is 13.0 Å². The number of amides is 2. The molecule has 0 bridgehead atoms. The number of methoxy groups -OCH3 is 1. The summed E-state index contributed by atoms with van der Waals surface area (Å²) in [5.74, 6) is -2.03. The van der Waals surface area contributed by atoms with Gasteiger partial charge in [0.2, 0.25) is 5.91 Å². The number of carboxylic acids is 1. The molecule has 2 amide bonds. The van der Waals surface area contributed by atoms with Gasteiger partial charge < -0.3 is 25.8 Å². The zero-order valence-corrected chi connectivity index (χ0v) is 23.5. The molecule has 208 valence electrons. The van der Waals surface area contributed by atoms with Gasteiger partial charge in [-0.3, -0.25) is 9.59 Å². The van der Waals surface area contributed by atoms with Gasteiger partial charge >= 0.3 is 5.97 Å². The number of rotatable bonds is 9. The molecule has 3 aromatic carbocycles. The van der Waals surface area contributed by atoms with Crippen molar-refractivity contribution in [1.29, 1.82) is 5.26 Å². The van der Waals surface area contributed by atoms with Gasteiger partial charge in [0.1, 0.15) is 5.75 Å². The molecule has 0 spiro atoms. The second kappa shape index (κ2) is 12.9. The van der Waals surface area contributed by atoms with Crippen LogP contribution in [0.2, 0.25) is 0 Å². The van der Waals surface area contributed by atoms with Gasteiger partial charge in [-0.15, -0.1) is 0 Å². The molecule has 0 saturated heterocycles. The van der Waals surface area contributed by atoms with Crippen molar-refractivity contribution in [3.63, 3.8) is 0 Å². The lowest BCUT2D eigenvalue weighted by atomic mass is 9.81. The van der Waals surface area contributed by atoms with Crippen LogP contribution in [0.15, 0.2) is 94.7 Å². The highest BCUT2D eigenvalue weighted by atomic mass is 32.2. The van der Waals surface area contributed by atoms with E-state index in [9.17, 15) is 19.6 Å². The van der Waals surface area contributed by atoms with Gasteiger partial charge in [-0.25, -0.2) is 4.79 Å². The number of carbonyl (C=O) groups excluding carboxylic acids is 2. The van der Waals surface area contributed by atoms with Gasteiger partial charge in [0.15, 0.2) is 0 Å². The number of aryl methyl sites for hydroxylation is 1. The fourth-order valence-electron chi connectivity index (χ4n) is 4.48. The average molecular weight is 569 g/mol. The minimum atomic E-state index is -1.06. The first-order chi connectivity index (χ1) is 19.7. The fourth-order valence-corrected chi connectivity index (χ4v) is 5.37. The minimum Gasteiger partial charge on any atom is -0.496 e. The maximum Gasteiger partial charge on any atom is 0.335 e. The number of aromatic carboxylic acids is 1. The number of thioether (sulfide) groups is 1. The molecule has 4 rings (SSSR count). The van der Waals surface area contributed by atoms with Crippen molar-refractivity contribution in [2.24, 2.45) is 0 Å². The molecular formula is C31H28N4O5S. The zero-order valence-electron chi connectivity index (χ0n) is 22.6. The van der Waals surface area contributed by atoms with Crippen LogP contribution in [0.1, 0.15) is 34.3 Å². The number of benzene rings is 3. The summed E-state index contributed by atoms with van der Waals surface area (Å²) in [5, 5.41) is 28.7. The van der Waals surface area contributed by atoms with Gasteiger partial charge in [-0.2, -0.15) is 5.26 Å². The van der Waals surface area contributed by atoms with E-state index in [0.717, 1.165) is 17.3 Å². The number of nitrogens with zero attached hydrogens (tertiary/aromatic N) is 1. The molecule has 0 fully saturated rings. The molecule has 0 aromatic heterocycles. The third kappa shape index (κ3) is 6.59. The Morgan fingerprint density at radius 1 is 1.00 bits per heavy atom. The van der Waals surface area contributed by atoms with Crippen LogP contribution in [0, 0.1) is 18.3 Å². The van der Waals surface area contributed by atoms with Crippen LogP contribution in [-0.4, -0.2) is 35.8 Å². The summed E-state index contributed by atoms with van der Waals surface area (Å²) in [7, 11) is 1.53. The number of nitrogens with one attached hydrogen (secondary N) is 3. The van der Waals surface area contributed by atoms with E-state index in [2.05, 4.69) is 22.0 Å². The zero-order chi connectivity index (χ0) is 29.5. The van der Waals surface area contributed by atoms with Gasteiger partial charge in [0.05, 0.1) is 41.0 Å². The highest BCUT2D eigenvalue weighted by Gasteiger charge is 2.36. The van der Waals surface area contributed by atoms with Crippen molar-refractivity contribution in [2.75, 3.05) is 23.5 Å². The summed E-state index contributed by atoms with van der Waals surface area (Å²) >= 11 is 1.13. The van der Waals surface area contributed by atoms with Crippen LogP contribution < -0.4 is 20.7 Å². The van der Waals surface area contributed by atoms with E-state index in [1.807, 2.05) is 49.4 Å². The van der Waals surface area contributed by atoms with Gasteiger partial charge in [-0.05, 0) is 55.8 Å². The Labute approximate surface area is 241 Å². The van der Waals surface area contributed by atoms with E-state index in [4.69, 9.17) is 9.84 Å². The lowest BCUT2D eigenvalue weighted by molar-refractivity contribution is -0.114. The summed E-state index contributed by atoms with van der Waals surface area (Å²) in [6, 6.07) is 22.7. The smallest absolute Gasteiger partial charge is 0.335 e. The number of para-hydroxylation sites is 2. The molecule has 10 heteroatoms. The van der Waals surface area contributed by atoms with E-state index in [0.29, 0.717) is 39.0 Å². The number of anilines is 2. The SMILES string of the molecule is COc1ccccc1[C@@H]1C(C#N)=C(SCC(=O)Nc2ccc(C(=O)O)cc2)NC(C)=C1C(=O)Nc1ccccc1C. The summed E-state index contributed by atoms with van der Waals surface area (Å²) in [4.78, 5) is 37.5. The number of carbonyl (C=O) groups is 3. The summed E-state index contributed by atoms with van der Waals surface area (Å²) in [5.41, 5.74) is 3.94. The summed E-state index contributed by atoms with van der Waals surface area (Å²) in [6.07, 6.45) is 0. The first kappa shape index (κ1) is 29.0. The van der Waals surface area contributed by atoms with Crippen molar-refractivity contribution < 1.29 is 24.2 Å². The molecule has 41 heavy (non-hydrogen) atoms. The van der Waals surface area contributed by atoms with E-state index >= 15 is 0 Å². The minimum absolute atomic E-state index is 0.0368. The van der Waals surface area contributed by atoms with Crippen LogP contribution in [-0.2, 0) is 9.59 Å². The second-order valence-electron chi connectivity index (χ2n) is 9.18. The van der Waals surface area contributed by atoms with Crippen molar-refractivity contribution >= 4 is 40.9 Å². The first-order valence-electron chi connectivity index (χ1n) is 12.6. The Hall–Kier alpha value is -5.01. The average Bonchev–Trinajstić information content (AvgIpc) is 2.97. The highest BCUT2D eigenvalue weighted by Crippen LogP contribution is 2.44. The Morgan fingerprint density at radius 2 is 1.68 bits per heavy atom.